The molecule has 1 N–H and O–H groups in total. The summed E-state index contributed by atoms with van der Waals surface area (Å²) in [6, 6.07) is 23.7. The van der Waals surface area contributed by atoms with Gasteiger partial charge in [-0.05, 0) is 59.2 Å². The normalized spacial score (nSPS) is 10.8. The Hall–Kier alpha value is -4.65. The molecule has 0 aliphatic rings. The largest absolute Gasteiger partial charge is 0.373 e. The van der Waals surface area contributed by atoms with Gasteiger partial charge in [0.1, 0.15) is 12.1 Å². The molecule has 2 aromatic carbocycles. The van der Waals surface area contributed by atoms with Crippen LogP contribution in [-0.2, 0) is 13.1 Å². The van der Waals surface area contributed by atoms with Gasteiger partial charge in [0, 0.05) is 37.6 Å². The molecule has 0 aliphatic heterocycles. The Bertz CT molecular complexity index is 1460. The molecule has 0 fully saturated rings. The van der Waals surface area contributed by atoms with Gasteiger partial charge < -0.3 is 10.2 Å². The molecule has 5 aromatic rings. The topological polar surface area (TPSA) is 83.9 Å². The lowest BCUT2D eigenvalue weighted by atomic mass is 10.0. The van der Waals surface area contributed by atoms with Crippen LogP contribution in [0.3, 0.4) is 0 Å². The van der Waals surface area contributed by atoms with Crippen LogP contribution in [0, 0.1) is 0 Å². The first-order chi connectivity index (χ1) is 17.2. The Morgan fingerprint density at radius 1 is 0.857 bits per heavy atom. The zero-order chi connectivity index (χ0) is 24.0. The molecule has 0 radical (unpaired) electrons. The van der Waals surface area contributed by atoms with Gasteiger partial charge >= 0.3 is 0 Å². The van der Waals surface area contributed by atoms with Gasteiger partial charge in [0.15, 0.2) is 0 Å². The van der Waals surface area contributed by atoms with Gasteiger partial charge in [-0.15, -0.1) is 0 Å². The lowest BCUT2D eigenvalue weighted by molar-refractivity contribution is 0.0727. The molecule has 172 valence electrons. The van der Waals surface area contributed by atoms with E-state index < -0.39 is 0 Å². The van der Waals surface area contributed by atoms with Gasteiger partial charge in [-0.2, -0.15) is 0 Å². The van der Waals surface area contributed by atoms with Gasteiger partial charge in [0.25, 0.3) is 5.91 Å². The third-order valence-electron chi connectivity index (χ3n) is 5.78. The van der Waals surface area contributed by atoms with Crippen LogP contribution in [0.2, 0.25) is 0 Å². The van der Waals surface area contributed by atoms with Crippen LogP contribution in [0.15, 0.2) is 97.7 Å². The highest BCUT2D eigenvalue weighted by Crippen LogP contribution is 2.28. The molecule has 7 nitrogen and oxygen atoms in total. The van der Waals surface area contributed by atoms with E-state index >= 15 is 0 Å². The summed E-state index contributed by atoms with van der Waals surface area (Å²) in [4.78, 5) is 32.4. The van der Waals surface area contributed by atoms with Crippen molar-refractivity contribution >= 4 is 22.6 Å². The van der Waals surface area contributed by atoms with E-state index in [0.29, 0.717) is 18.7 Å². The summed E-state index contributed by atoms with van der Waals surface area (Å²) in [6.07, 6.45) is 6.56. The van der Waals surface area contributed by atoms with Crippen LogP contribution < -0.4 is 5.32 Å². The molecular weight excluding hydrogens is 436 g/mol. The molecular formula is C28H24N6O. The van der Waals surface area contributed by atoms with E-state index in [0.717, 1.165) is 39.1 Å². The Morgan fingerprint density at radius 2 is 1.77 bits per heavy atom. The number of pyridine rings is 2. The molecule has 5 rings (SSSR count). The van der Waals surface area contributed by atoms with Gasteiger partial charge in [-0.1, -0.05) is 30.3 Å². The third-order valence-corrected chi connectivity index (χ3v) is 5.78. The molecule has 0 unspecified atom stereocenters. The SMILES string of the molecule is CNc1ncnc2ccc(-c3cccc(CN(Cc4ccccn4)C(=O)c4cccnc4)c3)cc12. The summed E-state index contributed by atoms with van der Waals surface area (Å²) in [7, 11) is 1.85. The number of hydrogen-bond donors (Lipinski definition) is 1. The number of anilines is 1. The van der Waals surface area contributed by atoms with Crippen molar-refractivity contribution in [3.8, 4) is 11.1 Å². The maximum atomic E-state index is 13.4. The fourth-order valence-corrected chi connectivity index (χ4v) is 4.06. The van der Waals surface area contributed by atoms with E-state index in [1.807, 2.05) is 43.4 Å². The summed E-state index contributed by atoms with van der Waals surface area (Å²) in [6.45, 7) is 0.842. The number of rotatable bonds is 7. The second kappa shape index (κ2) is 10.1. The first-order valence-corrected chi connectivity index (χ1v) is 11.3. The standard InChI is InChI=1S/C28H24N6O/c1-29-27-25-15-22(10-11-26(25)32-19-33-27)21-7-4-6-20(14-21)17-34(18-24-9-2-3-13-31-24)28(35)23-8-5-12-30-16-23/h2-16,19H,17-18H2,1H3,(H,29,32,33). The summed E-state index contributed by atoms with van der Waals surface area (Å²) < 4.78 is 0. The zero-order valence-corrected chi connectivity index (χ0v) is 19.3. The summed E-state index contributed by atoms with van der Waals surface area (Å²) in [5.41, 5.74) is 5.40. The Labute approximate surface area is 203 Å². The summed E-state index contributed by atoms with van der Waals surface area (Å²) in [5, 5.41) is 4.09. The van der Waals surface area contributed by atoms with E-state index in [2.05, 4.69) is 49.5 Å². The number of benzene rings is 2. The molecule has 0 saturated heterocycles. The predicted molar refractivity (Wildman–Crippen MR) is 137 cm³/mol. The van der Waals surface area contributed by atoms with Gasteiger partial charge in [-0.3, -0.25) is 14.8 Å². The molecule has 0 bridgehead atoms. The minimum atomic E-state index is -0.0873. The number of hydrogen-bond acceptors (Lipinski definition) is 6. The maximum Gasteiger partial charge on any atom is 0.256 e. The first-order valence-electron chi connectivity index (χ1n) is 11.3. The minimum Gasteiger partial charge on any atom is -0.373 e. The van der Waals surface area contributed by atoms with Crippen molar-refractivity contribution in [3.05, 3.63) is 115 Å². The van der Waals surface area contributed by atoms with Crippen molar-refractivity contribution in [3.63, 3.8) is 0 Å². The average molecular weight is 461 g/mol. The smallest absolute Gasteiger partial charge is 0.256 e. The number of amides is 1. The van der Waals surface area contributed by atoms with Crippen LogP contribution >= 0.6 is 0 Å². The fraction of sp³-hybridized carbons (Fsp3) is 0.107. The summed E-state index contributed by atoms with van der Waals surface area (Å²) in [5.74, 6) is 0.701. The highest BCUT2D eigenvalue weighted by atomic mass is 16.2. The fourth-order valence-electron chi connectivity index (χ4n) is 4.06. The number of fused-ring (bicyclic) bond motifs is 1. The quantitative estimate of drug-likeness (QED) is 0.369. The molecule has 0 saturated carbocycles. The Balaban J connectivity index is 1.47. The van der Waals surface area contributed by atoms with Crippen LogP contribution in [-0.4, -0.2) is 37.8 Å². The highest BCUT2D eigenvalue weighted by Gasteiger charge is 2.18. The number of nitrogens with one attached hydrogen (secondary N) is 1. The van der Waals surface area contributed by atoms with E-state index in [1.54, 1.807) is 42.0 Å². The molecule has 0 aliphatic carbocycles. The highest BCUT2D eigenvalue weighted by molar-refractivity contribution is 5.94. The van der Waals surface area contributed by atoms with Crippen molar-refractivity contribution in [2.45, 2.75) is 13.1 Å². The molecule has 35 heavy (non-hydrogen) atoms. The number of aromatic nitrogens is 4. The minimum absolute atomic E-state index is 0.0873. The van der Waals surface area contributed by atoms with Gasteiger partial charge in [0.05, 0.1) is 23.3 Å². The van der Waals surface area contributed by atoms with Crippen LogP contribution in [0.1, 0.15) is 21.6 Å². The number of nitrogens with zero attached hydrogens (tertiary/aromatic N) is 5. The monoisotopic (exact) mass is 460 g/mol. The predicted octanol–water partition coefficient (Wildman–Crippen LogP) is 4.97. The van der Waals surface area contributed by atoms with Crippen molar-refractivity contribution in [1.29, 1.82) is 0 Å². The summed E-state index contributed by atoms with van der Waals surface area (Å²) >= 11 is 0. The van der Waals surface area contributed by atoms with E-state index in [-0.39, 0.29) is 5.91 Å². The molecule has 0 spiro atoms. The Kier molecular flexibility index (Phi) is 6.39. The first kappa shape index (κ1) is 22.2. The number of carbonyl (C=O) groups excluding carboxylic acids is 1. The Morgan fingerprint density at radius 3 is 2.57 bits per heavy atom. The second-order valence-corrected chi connectivity index (χ2v) is 8.13. The van der Waals surface area contributed by atoms with Crippen molar-refractivity contribution < 1.29 is 4.79 Å². The van der Waals surface area contributed by atoms with Crippen LogP contribution in [0.5, 0.6) is 0 Å². The van der Waals surface area contributed by atoms with Crippen molar-refractivity contribution in [1.82, 2.24) is 24.8 Å². The van der Waals surface area contributed by atoms with Crippen molar-refractivity contribution in [2.24, 2.45) is 0 Å². The third kappa shape index (κ3) is 4.99. The lowest BCUT2D eigenvalue weighted by Crippen LogP contribution is -2.30. The van der Waals surface area contributed by atoms with Crippen LogP contribution in [0.25, 0.3) is 22.0 Å². The molecule has 0 atom stereocenters. The van der Waals surface area contributed by atoms with E-state index in [1.165, 1.54) is 0 Å². The van der Waals surface area contributed by atoms with Crippen molar-refractivity contribution in [2.75, 3.05) is 12.4 Å². The van der Waals surface area contributed by atoms with E-state index in [4.69, 9.17) is 0 Å². The molecule has 7 heteroatoms. The van der Waals surface area contributed by atoms with E-state index in [9.17, 15) is 4.79 Å². The molecule has 3 aromatic heterocycles. The molecule has 3 heterocycles. The van der Waals surface area contributed by atoms with Crippen LogP contribution in [0.4, 0.5) is 5.82 Å². The number of carbonyl (C=O) groups is 1. The van der Waals surface area contributed by atoms with Gasteiger partial charge in [0.2, 0.25) is 0 Å². The zero-order valence-electron chi connectivity index (χ0n) is 19.3. The average Bonchev–Trinajstić information content (AvgIpc) is 2.93. The maximum absolute atomic E-state index is 13.4. The lowest BCUT2D eigenvalue weighted by Gasteiger charge is -2.23. The van der Waals surface area contributed by atoms with Gasteiger partial charge in [-0.25, -0.2) is 9.97 Å². The molecule has 1 amide bonds. The second-order valence-electron chi connectivity index (χ2n) is 8.13.